The summed E-state index contributed by atoms with van der Waals surface area (Å²) in [5, 5.41) is 3.07. The van der Waals surface area contributed by atoms with E-state index in [0.29, 0.717) is 0 Å². The fourth-order valence-corrected chi connectivity index (χ4v) is 2.50. The zero-order valence-electron chi connectivity index (χ0n) is 11.5. The second-order valence-electron chi connectivity index (χ2n) is 5.11. The Morgan fingerprint density at radius 2 is 2.00 bits per heavy atom. The van der Waals surface area contributed by atoms with Gasteiger partial charge in [-0.3, -0.25) is 4.79 Å². The van der Waals surface area contributed by atoms with Gasteiger partial charge in [-0.25, -0.2) is 0 Å². The maximum atomic E-state index is 12.1. The summed E-state index contributed by atoms with van der Waals surface area (Å²) < 4.78 is 0. The van der Waals surface area contributed by atoms with Crippen molar-refractivity contribution >= 4 is 5.91 Å². The van der Waals surface area contributed by atoms with E-state index >= 15 is 0 Å². The highest BCUT2D eigenvalue weighted by Gasteiger charge is 2.22. The zero-order chi connectivity index (χ0) is 13.7. The number of nitrogens with zero attached hydrogens (tertiary/aromatic N) is 1. The van der Waals surface area contributed by atoms with Crippen molar-refractivity contribution in [2.24, 2.45) is 5.73 Å². The van der Waals surface area contributed by atoms with Crippen LogP contribution in [0.25, 0.3) is 0 Å². The summed E-state index contributed by atoms with van der Waals surface area (Å²) in [6, 6.07) is 9.22. The maximum Gasteiger partial charge on any atom is 0.241 e. The molecule has 0 radical (unpaired) electrons. The molecule has 0 spiro atoms. The topological polar surface area (TPSA) is 58.4 Å². The molecule has 2 rings (SSSR count). The standard InChI is InChI=1S/C15H23N3O/c1-2-18-10-8-13(9-11-18)17-15(19)14(16)12-6-4-3-5-7-12/h3-7,13-14H,2,8-11,16H2,1H3,(H,17,19). The van der Waals surface area contributed by atoms with E-state index in [9.17, 15) is 4.79 Å². The first kappa shape index (κ1) is 14.0. The van der Waals surface area contributed by atoms with Crippen LogP contribution in [-0.4, -0.2) is 36.5 Å². The third kappa shape index (κ3) is 3.78. The number of carbonyl (C=O) groups excluding carboxylic acids is 1. The average Bonchev–Trinajstić information content (AvgIpc) is 2.48. The van der Waals surface area contributed by atoms with Crippen molar-refractivity contribution < 1.29 is 4.79 Å². The van der Waals surface area contributed by atoms with Crippen molar-refractivity contribution in [2.45, 2.75) is 31.8 Å². The number of amides is 1. The van der Waals surface area contributed by atoms with Gasteiger partial charge in [-0.05, 0) is 24.9 Å². The van der Waals surface area contributed by atoms with Gasteiger partial charge in [0.05, 0.1) is 0 Å². The van der Waals surface area contributed by atoms with Crippen LogP contribution in [0.2, 0.25) is 0 Å². The molecule has 1 aliphatic heterocycles. The lowest BCUT2D eigenvalue weighted by molar-refractivity contribution is -0.123. The SMILES string of the molecule is CCN1CCC(NC(=O)C(N)c2ccccc2)CC1. The van der Waals surface area contributed by atoms with Crippen LogP contribution in [0, 0.1) is 0 Å². The Morgan fingerprint density at radius 3 is 2.58 bits per heavy atom. The minimum Gasteiger partial charge on any atom is -0.352 e. The molecular weight excluding hydrogens is 238 g/mol. The molecule has 1 amide bonds. The summed E-state index contributed by atoms with van der Waals surface area (Å²) in [7, 11) is 0. The van der Waals surface area contributed by atoms with Gasteiger partial charge in [-0.15, -0.1) is 0 Å². The van der Waals surface area contributed by atoms with E-state index in [-0.39, 0.29) is 11.9 Å². The fraction of sp³-hybridized carbons (Fsp3) is 0.533. The largest absolute Gasteiger partial charge is 0.352 e. The Morgan fingerprint density at radius 1 is 1.37 bits per heavy atom. The molecule has 104 valence electrons. The Balaban J connectivity index is 1.85. The number of nitrogens with two attached hydrogens (primary N) is 1. The van der Waals surface area contributed by atoms with Crippen molar-refractivity contribution in [3.8, 4) is 0 Å². The number of carbonyl (C=O) groups is 1. The lowest BCUT2D eigenvalue weighted by Crippen LogP contribution is -2.47. The molecule has 1 unspecified atom stereocenters. The van der Waals surface area contributed by atoms with Crippen LogP contribution in [0.5, 0.6) is 0 Å². The number of benzene rings is 1. The smallest absolute Gasteiger partial charge is 0.241 e. The van der Waals surface area contributed by atoms with E-state index in [4.69, 9.17) is 5.73 Å². The summed E-state index contributed by atoms with van der Waals surface area (Å²) in [5.41, 5.74) is 6.85. The molecule has 4 heteroatoms. The van der Waals surface area contributed by atoms with Gasteiger partial charge in [0.2, 0.25) is 5.91 Å². The summed E-state index contributed by atoms with van der Waals surface area (Å²) in [5.74, 6) is -0.0684. The van der Waals surface area contributed by atoms with Gasteiger partial charge in [-0.2, -0.15) is 0 Å². The first-order valence-electron chi connectivity index (χ1n) is 7.04. The van der Waals surface area contributed by atoms with E-state index in [1.54, 1.807) is 0 Å². The number of likely N-dealkylation sites (tertiary alicyclic amines) is 1. The number of piperidine rings is 1. The molecule has 1 heterocycles. The summed E-state index contributed by atoms with van der Waals surface area (Å²) >= 11 is 0. The quantitative estimate of drug-likeness (QED) is 0.858. The molecule has 1 atom stereocenters. The van der Waals surface area contributed by atoms with Crippen LogP contribution in [0.15, 0.2) is 30.3 Å². The normalized spacial score (nSPS) is 19.1. The van der Waals surface area contributed by atoms with Crippen molar-refractivity contribution in [3.63, 3.8) is 0 Å². The minimum atomic E-state index is -0.564. The molecule has 0 saturated carbocycles. The number of hydrogen-bond donors (Lipinski definition) is 2. The molecule has 1 saturated heterocycles. The number of rotatable bonds is 4. The van der Waals surface area contributed by atoms with Crippen LogP contribution in [0.4, 0.5) is 0 Å². The van der Waals surface area contributed by atoms with Gasteiger partial charge < -0.3 is 16.0 Å². The third-order valence-corrected chi connectivity index (χ3v) is 3.82. The van der Waals surface area contributed by atoms with E-state index in [1.165, 1.54) is 0 Å². The summed E-state index contributed by atoms with van der Waals surface area (Å²) in [6.45, 7) is 5.37. The molecule has 3 N–H and O–H groups in total. The monoisotopic (exact) mass is 261 g/mol. The van der Waals surface area contributed by atoms with Gasteiger partial charge in [0, 0.05) is 19.1 Å². The van der Waals surface area contributed by atoms with Gasteiger partial charge >= 0.3 is 0 Å². The maximum absolute atomic E-state index is 12.1. The molecular formula is C15H23N3O. The van der Waals surface area contributed by atoms with Crippen molar-refractivity contribution in [1.29, 1.82) is 0 Å². The van der Waals surface area contributed by atoms with Crippen molar-refractivity contribution in [3.05, 3.63) is 35.9 Å². The van der Waals surface area contributed by atoms with Gasteiger partial charge in [0.25, 0.3) is 0 Å². The van der Waals surface area contributed by atoms with Crippen LogP contribution < -0.4 is 11.1 Å². The molecule has 0 bridgehead atoms. The molecule has 1 aromatic rings. The lowest BCUT2D eigenvalue weighted by atomic mass is 10.0. The Kier molecular flexibility index (Phi) is 4.93. The predicted octanol–water partition coefficient (Wildman–Crippen LogP) is 1.29. The van der Waals surface area contributed by atoms with E-state index in [2.05, 4.69) is 17.1 Å². The van der Waals surface area contributed by atoms with Crippen LogP contribution in [-0.2, 0) is 4.79 Å². The fourth-order valence-electron chi connectivity index (χ4n) is 2.50. The lowest BCUT2D eigenvalue weighted by Gasteiger charge is -2.32. The van der Waals surface area contributed by atoms with Crippen LogP contribution >= 0.6 is 0 Å². The molecule has 1 fully saturated rings. The second kappa shape index (κ2) is 6.68. The van der Waals surface area contributed by atoms with E-state index in [0.717, 1.165) is 38.0 Å². The molecule has 4 nitrogen and oxygen atoms in total. The molecule has 1 aliphatic rings. The van der Waals surface area contributed by atoms with Gasteiger partial charge in [0.15, 0.2) is 0 Å². The highest BCUT2D eigenvalue weighted by atomic mass is 16.2. The van der Waals surface area contributed by atoms with Crippen LogP contribution in [0.1, 0.15) is 31.4 Å². The van der Waals surface area contributed by atoms with Gasteiger partial charge in [-0.1, -0.05) is 37.3 Å². The minimum absolute atomic E-state index is 0.0684. The first-order chi connectivity index (χ1) is 9.20. The number of nitrogens with one attached hydrogen (secondary N) is 1. The highest BCUT2D eigenvalue weighted by Crippen LogP contribution is 2.13. The Bertz CT molecular complexity index is 399. The highest BCUT2D eigenvalue weighted by molar-refractivity contribution is 5.83. The zero-order valence-corrected chi connectivity index (χ0v) is 11.5. The predicted molar refractivity (Wildman–Crippen MR) is 76.6 cm³/mol. The van der Waals surface area contributed by atoms with E-state index in [1.807, 2.05) is 30.3 Å². The molecule has 1 aromatic carbocycles. The number of hydrogen-bond acceptors (Lipinski definition) is 3. The second-order valence-corrected chi connectivity index (χ2v) is 5.11. The molecule has 0 aromatic heterocycles. The van der Waals surface area contributed by atoms with Crippen molar-refractivity contribution in [1.82, 2.24) is 10.2 Å². The van der Waals surface area contributed by atoms with Crippen molar-refractivity contribution in [2.75, 3.05) is 19.6 Å². The van der Waals surface area contributed by atoms with Crippen LogP contribution in [0.3, 0.4) is 0 Å². The molecule has 19 heavy (non-hydrogen) atoms. The van der Waals surface area contributed by atoms with E-state index < -0.39 is 6.04 Å². The average molecular weight is 261 g/mol. The summed E-state index contributed by atoms with van der Waals surface area (Å²) in [4.78, 5) is 14.5. The first-order valence-corrected chi connectivity index (χ1v) is 7.04. The summed E-state index contributed by atoms with van der Waals surface area (Å²) in [6.07, 6.45) is 2.03. The Hall–Kier alpha value is -1.39. The Labute approximate surface area is 115 Å². The third-order valence-electron chi connectivity index (χ3n) is 3.82. The van der Waals surface area contributed by atoms with Gasteiger partial charge in [0.1, 0.15) is 6.04 Å². The molecule has 0 aliphatic carbocycles.